The molecule has 0 atom stereocenters. The van der Waals surface area contributed by atoms with Crippen molar-refractivity contribution in [2.24, 2.45) is 0 Å². The average Bonchev–Trinajstić information content (AvgIpc) is 3.21. The lowest BCUT2D eigenvalue weighted by Gasteiger charge is -2.05. The van der Waals surface area contributed by atoms with Gasteiger partial charge < -0.3 is 10.4 Å². The van der Waals surface area contributed by atoms with Gasteiger partial charge in [0.1, 0.15) is 0 Å². The lowest BCUT2D eigenvalue weighted by Crippen LogP contribution is -2.10. The third kappa shape index (κ3) is 43.6. The van der Waals surface area contributed by atoms with Crippen LogP contribution >= 0.6 is 0 Å². The molecule has 2 N–H and O–H groups in total. The third-order valence-corrected chi connectivity index (χ3v) is 12.4. The molecule has 332 valence electrons. The van der Waals surface area contributed by atoms with E-state index in [2.05, 4.69) is 5.32 Å². The topological polar surface area (TPSA) is 66.4 Å². The number of carbonyl (C=O) groups is 2. The SMILES string of the molecule is O=C(O)CCCCCCCCCCCCCCCCCCCCCCCCCCCCCCCCCCCCCCCCCCCCCC(=O)Nc1ccccc1. The summed E-state index contributed by atoms with van der Waals surface area (Å²) in [7, 11) is 0. The van der Waals surface area contributed by atoms with E-state index in [9.17, 15) is 9.59 Å². The summed E-state index contributed by atoms with van der Waals surface area (Å²) >= 11 is 0. The molecular weight excluding hydrogens is 699 g/mol. The monoisotopic (exact) mass is 796 g/mol. The molecule has 1 amide bonds. The standard InChI is InChI=1S/C53H97NO3/c55-52(54-51-47-43-42-44-48-51)49-45-40-38-36-34-32-30-28-26-24-22-20-18-16-14-12-10-8-6-4-2-1-3-5-7-9-11-13-15-17-19-21-23-25-27-29-31-33-35-37-39-41-46-50-53(56)57/h42-44,47-48H,1-41,45-46,49-50H2,(H,54,55)(H,56,57). The second-order valence-electron chi connectivity index (χ2n) is 18.0. The second-order valence-corrected chi connectivity index (χ2v) is 18.0. The average molecular weight is 796 g/mol. The number of carbonyl (C=O) groups excluding carboxylic acids is 1. The number of carboxylic acid groups (broad SMARTS) is 1. The van der Waals surface area contributed by atoms with E-state index in [0.717, 1.165) is 24.9 Å². The van der Waals surface area contributed by atoms with Crippen molar-refractivity contribution in [3.05, 3.63) is 30.3 Å². The highest BCUT2D eigenvalue weighted by atomic mass is 16.4. The summed E-state index contributed by atoms with van der Waals surface area (Å²) in [6.45, 7) is 0. The Morgan fingerprint density at radius 3 is 0.702 bits per heavy atom. The van der Waals surface area contributed by atoms with Crippen molar-refractivity contribution in [2.45, 2.75) is 289 Å². The molecule has 0 bridgehead atoms. The molecular formula is C53H97NO3. The van der Waals surface area contributed by atoms with Crippen LogP contribution in [0.2, 0.25) is 0 Å². The first-order chi connectivity index (χ1) is 28.2. The number of carboxylic acids is 1. The molecule has 0 radical (unpaired) electrons. The number of benzene rings is 1. The zero-order valence-corrected chi connectivity index (χ0v) is 38.0. The number of anilines is 1. The predicted molar refractivity (Wildman–Crippen MR) is 250 cm³/mol. The molecule has 4 nitrogen and oxygen atoms in total. The van der Waals surface area contributed by atoms with Crippen LogP contribution in [0.5, 0.6) is 0 Å². The number of amides is 1. The molecule has 0 fully saturated rings. The minimum Gasteiger partial charge on any atom is -0.481 e. The predicted octanol–water partition coefficient (Wildman–Crippen LogP) is 18.3. The summed E-state index contributed by atoms with van der Waals surface area (Å²) in [5.41, 5.74) is 0.903. The minimum atomic E-state index is -0.649. The van der Waals surface area contributed by atoms with Crippen molar-refractivity contribution in [2.75, 3.05) is 5.32 Å². The fourth-order valence-corrected chi connectivity index (χ4v) is 8.55. The highest BCUT2D eigenvalue weighted by molar-refractivity contribution is 5.90. The molecule has 4 heteroatoms. The van der Waals surface area contributed by atoms with E-state index < -0.39 is 5.97 Å². The van der Waals surface area contributed by atoms with Gasteiger partial charge in [-0.3, -0.25) is 9.59 Å². The molecule has 0 unspecified atom stereocenters. The Morgan fingerprint density at radius 2 is 0.491 bits per heavy atom. The number of unbranched alkanes of at least 4 members (excludes halogenated alkanes) is 42. The van der Waals surface area contributed by atoms with Crippen LogP contribution in [0.4, 0.5) is 5.69 Å². The van der Waals surface area contributed by atoms with Crippen LogP contribution in [0.15, 0.2) is 30.3 Å². The maximum atomic E-state index is 12.0. The first kappa shape index (κ1) is 53.2. The fraction of sp³-hybridized carbons (Fsp3) is 0.849. The van der Waals surface area contributed by atoms with Gasteiger partial charge in [-0.1, -0.05) is 281 Å². The van der Waals surface area contributed by atoms with Crippen LogP contribution < -0.4 is 5.32 Å². The number of aliphatic carboxylic acids is 1. The Balaban J connectivity index is 1.61. The van der Waals surface area contributed by atoms with Crippen LogP contribution in [0, 0.1) is 0 Å². The van der Waals surface area contributed by atoms with Crippen molar-refractivity contribution in [3.8, 4) is 0 Å². The molecule has 0 heterocycles. The molecule has 0 aliphatic heterocycles. The summed E-state index contributed by atoms with van der Waals surface area (Å²) in [5.74, 6) is -0.502. The first-order valence-corrected chi connectivity index (χ1v) is 25.7. The largest absolute Gasteiger partial charge is 0.481 e. The summed E-state index contributed by atoms with van der Waals surface area (Å²) in [6.07, 6.45) is 60.6. The third-order valence-electron chi connectivity index (χ3n) is 12.4. The quantitative estimate of drug-likeness (QED) is 0.0646. The molecule has 1 rings (SSSR count). The molecule has 57 heavy (non-hydrogen) atoms. The molecule has 0 spiro atoms. The van der Waals surface area contributed by atoms with E-state index in [1.807, 2.05) is 30.3 Å². The van der Waals surface area contributed by atoms with Crippen molar-refractivity contribution in [1.82, 2.24) is 0 Å². The van der Waals surface area contributed by atoms with Gasteiger partial charge in [-0.15, -0.1) is 0 Å². The molecule has 0 aromatic heterocycles. The molecule has 0 aliphatic rings. The van der Waals surface area contributed by atoms with Crippen LogP contribution in [0.1, 0.15) is 289 Å². The van der Waals surface area contributed by atoms with Gasteiger partial charge in [0.05, 0.1) is 0 Å². The van der Waals surface area contributed by atoms with E-state index >= 15 is 0 Å². The summed E-state index contributed by atoms with van der Waals surface area (Å²) < 4.78 is 0. The van der Waals surface area contributed by atoms with Crippen LogP contribution in [-0.4, -0.2) is 17.0 Å². The van der Waals surface area contributed by atoms with Crippen LogP contribution in [-0.2, 0) is 9.59 Å². The van der Waals surface area contributed by atoms with Crippen molar-refractivity contribution in [3.63, 3.8) is 0 Å². The first-order valence-electron chi connectivity index (χ1n) is 25.7. The molecule has 0 saturated heterocycles. The fourth-order valence-electron chi connectivity index (χ4n) is 8.55. The van der Waals surface area contributed by atoms with Gasteiger partial charge in [-0.25, -0.2) is 0 Å². The van der Waals surface area contributed by atoms with Gasteiger partial charge >= 0.3 is 5.97 Å². The Morgan fingerprint density at radius 1 is 0.298 bits per heavy atom. The molecule has 0 saturated carbocycles. The van der Waals surface area contributed by atoms with Gasteiger partial charge in [0.15, 0.2) is 0 Å². The number of para-hydroxylation sites is 1. The van der Waals surface area contributed by atoms with E-state index in [0.29, 0.717) is 12.8 Å². The Labute approximate surface area is 355 Å². The Kier molecular flexibility index (Phi) is 42.2. The highest BCUT2D eigenvalue weighted by Gasteiger charge is 2.03. The Bertz CT molecular complexity index is 949. The minimum absolute atomic E-state index is 0.147. The van der Waals surface area contributed by atoms with Gasteiger partial charge in [0.2, 0.25) is 5.91 Å². The lowest BCUT2D eigenvalue weighted by molar-refractivity contribution is -0.137. The van der Waals surface area contributed by atoms with Crippen molar-refractivity contribution in [1.29, 1.82) is 0 Å². The van der Waals surface area contributed by atoms with Gasteiger partial charge in [-0.05, 0) is 25.0 Å². The van der Waals surface area contributed by atoms with Crippen LogP contribution in [0.25, 0.3) is 0 Å². The number of rotatable bonds is 47. The number of hydrogen-bond acceptors (Lipinski definition) is 2. The zero-order valence-electron chi connectivity index (χ0n) is 38.0. The second kappa shape index (κ2) is 45.2. The van der Waals surface area contributed by atoms with Crippen molar-refractivity contribution >= 4 is 17.6 Å². The zero-order chi connectivity index (χ0) is 40.8. The molecule has 0 aliphatic carbocycles. The highest BCUT2D eigenvalue weighted by Crippen LogP contribution is 2.18. The van der Waals surface area contributed by atoms with E-state index in [4.69, 9.17) is 5.11 Å². The maximum absolute atomic E-state index is 12.0. The van der Waals surface area contributed by atoms with Gasteiger partial charge in [0, 0.05) is 18.5 Å². The summed E-state index contributed by atoms with van der Waals surface area (Å²) in [6, 6.07) is 9.78. The van der Waals surface area contributed by atoms with Crippen LogP contribution in [0.3, 0.4) is 0 Å². The van der Waals surface area contributed by atoms with Gasteiger partial charge in [0.25, 0.3) is 0 Å². The maximum Gasteiger partial charge on any atom is 0.303 e. The van der Waals surface area contributed by atoms with E-state index in [-0.39, 0.29) is 5.91 Å². The number of nitrogens with one attached hydrogen (secondary N) is 1. The summed E-state index contributed by atoms with van der Waals surface area (Å²) in [4.78, 5) is 22.5. The van der Waals surface area contributed by atoms with Gasteiger partial charge in [-0.2, -0.15) is 0 Å². The smallest absolute Gasteiger partial charge is 0.303 e. The van der Waals surface area contributed by atoms with E-state index in [1.54, 1.807) is 0 Å². The normalized spacial score (nSPS) is 11.4. The lowest BCUT2D eigenvalue weighted by atomic mass is 10.0. The molecule has 1 aromatic rings. The summed E-state index contributed by atoms with van der Waals surface area (Å²) in [5, 5.41) is 11.6. The van der Waals surface area contributed by atoms with Crippen molar-refractivity contribution < 1.29 is 14.7 Å². The Hall–Kier alpha value is -1.84. The molecule has 1 aromatic carbocycles. The number of hydrogen-bond donors (Lipinski definition) is 2. The van der Waals surface area contributed by atoms with E-state index in [1.165, 1.54) is 257 Å².